The monoisotopic (exact) mass is 403 g/mol. The molecule has 0 unspecified atom stereocenters. The van der Waals surface area contributed by atoms with Crippen molar-refractivity contribution < 1.29 is 9.53 Å². The maximum Gasteiger partial charge on any atom is 0.255 e. The lowest BCUT2D eigenvalue weighted by Crippen LogP contribution is -2.36. The van der Waals surface area contributed by atoms with Gasteiger partial charge in [0.1, 0.15) is 0 Å². The highest BCUT2D eigenvalue weighted by molar-refractivity contribution is 6.04. The SMILES string of the molecule is O=C(Nc1ccc(N2CCOCC2)cc1)c1cccc(-n2cc3c(n2)CCNC3)c1. The average Bonchev–Trinajstić information content (AvgIpc) is 3.25. The standard InChI is InChI=1S/C23H25N5O2/c29-23(25-19-4-6-20(7-5-19)27-10-12-30-13-11-27)17-2-1-3-21(14-17)28-16-18-15-24-9-8-22(18)26-28/h1-7,14,16,24H,8-13,15H2,(H,25,29). The molecule has 7 heteroatoms. The van der Waals surface area contributed by atoms with E-state index in [1.54, 1.807) is 0 Å². The molecule has 0 bridgehead atoms. The van der Waals surface area contributed by atoms with Gasteiger partial charge in [0.05, 0.1) is 24.6 Å². The highest BCUT2D eigenvalue weighted by Crippen LogP contribution is 2.20. The molecule has 0 radical (unpaired) electrons. The van der Waals surface area contributed by atoms with Gasteiger partial charge in [-0.2, -0.15) is 5.10 Å². The fourth-order valence-corrected chi connectivity index (χ4v) is 3.94. The van der Waals surface area contributed by atoms with Gasteiger partial charge < -0.3 is 20.3 Å². The highest BCUT2D eigenvalue weighted by atomic mass is 16.5. The van der Waals surface area contributed by atoms with E-state index in [-0.39, 0.29) is 5.91 Å². The maximum atomic E-state index is 12.8. The average molecular weight is 403 g/mol. The van der Waals surface area contributed by atoms with E-state index in [4.69, 9.17) is 9.84 Å². The van der Waals surface area contributed by atoms with Gasteiger partial charge in [0.15, 0.2) is 0 Å². The van der Waals surface area contributed by atoms with Crippen LogP contribution in [0.2, 0.25) is 0 Å². The Kier molecular flexibility index (Phi) is 5.21. The van der Waals surface area contributed by atoms with Crippen molar-refractivity contribution in [3.63, 3.8) is 0 Å². The predicted molar refractivity (Wildman–Crippen MR) is 116 cm³/mol. The predicted octanol–water partition coefficient (Wildman–Crippen LogP) is 2.61. The van der Waals surface area contributed by atoms with E-state index >= 15 is 0 Å². The lowest BCUT2D eigenvalue weighted by Gasteiger charge is -2.28. The molecule has 0 spiro atoms. The molecule has 2 N–H and O–H groups in total. The minimum Gasteiger partial charge on any atom is -0.378 e. The van der Waals surface area contributed by atoms with Crippen LogP contribution in [0.1, 0.15) is 21.6 Å². The topological polar surface area (TPSA) is 71.4 Å². The van der Waals surface area contributed by atoms with E-state index in [9.17, 15) is 4.79 Å². The minimum absolute atomic E-state index is 0.130. The third-order valence-corrected chi connectivity index (χ3v) is 5.61. The van der Waals surface area contributed by atoms with Gasteiger partial charge in [-0.25, -0.2) is 4.68 Å². The number of ether oxygens (including phenoxy) is 1. The zero-order valence-corrected chi connectivity index (χ0v) is 16.8. The van der Waals surface area contributed by atoms with Crippen molar-refractivity contribution >= 4 is 17.3 Å². The maximum absolute atomic E-state index is 12.8. The largest absolute Gasteiger partial charge is 0.378 e. The van der Waals surface area contributed by atoms with E-state index in [1.165, 1.54) is 5.56 Å². The number of benzene rings is 2. The Morgan fingerprint density at radius 1 is 1.07 bits per heavy atom. The van der Waals surface area contributed by atoms with E-state index in [0.29, 0.717) is 5.56 Å². The zero-order valence-electron chi connectivity index (χ0n) is 16.8. The Morgan fingerprint density at radius 2 is 1.90 bits per heavy atom. The molecule has 0 atom stereocenters. The number of hydrogen-bond acceptors (Lipinski definition) is 5. The third kappa shape index (κ3) is 3.94. The second-order valence-electron chi connectivity index (χ2n) is 7.62. The molecule has 3 aromatic rings. The second-order valence-corrected chi connectivity index (χ2v) is 7.62. The van der Waals surface area contributed by atoms with E-state index in [1.807, 2.05) is 59.4 Å². The molecule has 1 saturated heterocycles. The zero-order chi connectivity index (χ0) is 20.3. The third-order valence-electron chi connectivity index (χ3n) is 5.61. The van der Waals surface area contributed by atoms with Crippen LogP contribution in [0.4, 0.5) is 11.4 Å². The van der Waals surface area contributed by atoms with Crippen molar-refractivity contribution in [1.82, 2.24) is 15.1 Å². The molecule has 2 aromatic carbocycles. The number of nitrogens with zero attached hydrogens (tertiary/aromatic N) is 3. The summed E-state index contributed by atoms with van der Waals surface area (Å²) in [4.78, 5) is 15.1. The van der Waals surface area contributed by atoms with Gasteiger partial charge in [-0.3, -0.25) is 4.79 Å². The Hall–Kier alpha value is -3.16. The summed E-state index contributed by atoms with van der Waals surface area (Å²) in [7, 11) is 0. The summed E-state index contributed by atoms with van der Waals surface area (Å²) >= 11 is 0. The van der Waals surface area contributed by atoms with E-state index < -0.39 is 0 Å². The van der Waals surface area contributed by atoms with Crippen molar-refractivity contribution in [2.24, 2.45) is 0 Å². The molecule has 2 aliphatic rings. The molecular formula is C23H25N5O2. The molecule has 5 rings (SSSR count). The molecule has 1 amide bonds. The fraction of sp³-hybridized carbons (Fsp3) is 0.304. The molecule has 1 aromatic heterocycles. The number of carbonyl (C=O) groups excluding carboxylic acids is 1. The Bertz CT molecular complexity index is 1010. The molecule has 7 nitrogen and oxygen atoms in total. The van der Waals surface area contributed by atoms with Gasteiger partial charge in [0.25, 0.3) is 5.91 Å². The first-order valence-electron chi connectivity index (χ1n) is 10.4. The first-order valence-corrected chi connectivity index (χ1v) is 10.4. The lowest BCUT2D eigenvalue weighted by atomic mass is 10.1. The van der Waals surface area contributed by atoms with Gasteiger partial charge in [-0.05, 0) is 42.5 Å². The number of anilines is 2. The quantitative estimate of drug-likeness (QED) is 0.701. The molecule has 30 heavy (non-hydrogen) atoms. The van der Waals surface area contributed by atoms with Crippen molar-refractivity contribution in [1.29, 1.82) is 0 Å². The molecule has 1 fully saturated rings. The van der Waals surface area contributed by atoms with E-state index in [0.717, 1.165) is 68.6 Å². The van der Waals surface area contributed by atoms with Crippen LogP contribution in [0, 0.1) is 0 Å². The summed E-state index contributed by atoms with van der Waals surface area (Å²) < 4.78 is 7.27. The molecule has 154 valence electrons. The number of rotatable bonds is 4. The van der Waals surface area contributed by atoms with E-state index in [2.05, 4.69) is 15.5 Å². The van der Waals surface area contributed by atoms with Gasteiger partial charge in [-0.15, -0.1) is 0 Å². The van der Waals surface area contributed by atoms with Crippen LogP contribution in [-0.2, 0) is 17.7 Å². The molecule has 0 aliphatic carbocycles. The Labute approximate surface area is 175 Å². The van der Waals surface area contributed by atoms with Gasteiger partial charge in [0, 0.05) is 61.3 Å². The summed E-state index contributed by atoms with van der Waals surface area (Å²) in [6, 6.07) is 15.5. The number of amides is 1. The molecule has 0 saturated carbocycles. The summed E-state index contributed by atoms with van der Waals surface area (Å²) in [5.74, 6) is -0.130. The van der Waals surface area contributed by atoms with Crippen LogP contribution >= 0.6 is 0 Å². The number of fused-ring (bicyclic) bond motifs is 1. The lowest BCUT2D eigenvalue weighted by molar-refractivity contribution is 0.102. The Morgan fingerprint density at radius 3 is 2.70 bits per heavy atom. The first-order chi connectivity index (χ1) is 14.8. The molecular weight excluding hydrogens is 378 g/mol. The van der Waals surface area contributed by atoms with Gasteiger partial charge >= 0.3 is 0 Å². The van der Waals surface area contributed by atoms with Crippen molar-refractivity contribution in [3.8, 4) is 5.69 Å². The number of nitrogens with one attached hydrogen (secondary N) is 2. The van der Waals surface area contributed by atoms with Crippen LogP contribution in [0.5, 0.6) is 0 Å². The summed E-state index contributed by atoms with van der Waals surface area (Å²) in [5.41, 5.74) is 5.77. The van der Waals surface area contributed by atoms with Crippen LogP contribution in [0.25, 0.3) is 5.69 Å². The van der Waals surface area contributed by atoms with Gasteiger partial charge in [0.2, 0.25) is 0 Å². The second kappa shape index (κ2) is 8.30. The van der Waals surface area contributed by atoms with Crippen molar-refractivity contribution in [3.05, 3.63) is 71.5 Å². The smallest absolute Gasteiger partial charge is 0.255 e. The minimum atomic E-state index is -0.130. The fourth-order valence-electron chi connectivity index (χ4n) is 3.94. The Balaban J connectivity index is 1.29. The number of aromatic nitrogens is 2. The van der Waals surface area contributed by atoms with Crippen molar-refractivity contribution in [2.45, 2.75) is 13.0 Å². The molecule has 3 heterocycles. The summed E-state index contributed by atoms with van der Waals surface area (Å²) in [6.45, 7) is 5.10. The normalized spacial score (nSPS) is 16.2. The number of morpholine rings is 1. The van der Waals surface area contributed by atoms with Crippen molar-refractivity contribution in [2.75, 3.05) is 43.1 Å². The number of hydrogen-bond donors (Lipinski definition) is 2. The summed E-state index contributed by atoms with van der Waals surface area (Å²) in [5, 5.41) is 11.0. The van der Waals surface area contributed by atoms with Crippen LogP contribution < -0.4 is 15.5 Å². The number of carbonyl (C=O) groups is 1. The molecule has 2 aliphatic heterocycles. The first kappa shape index (κ1) is 18.8. The highest BCUT2D eigenvalue weighted by Gasteiger charge is 2.15. The summed E-state index contributed by atoms with van der Waals surface area (Å²) in [6.07, 6.45) is 2.98. The van der Waals surface area contributed by atoms with Crippen LogP contribution in [0.3, 0.4) is 0 Å². The van der Waals surface area contributed by atoms with Gasteiger partial charge in [-0.1, -0.05) is 6.07 Å². The van der Waals surface area contributed by atoms with Crippen LogP contribution in [-0.4, -0.2) is 48.5 Å². The van der Waals surface area contributed by atoms with Crippen LogP contribution in [0.15, 0.2) is 54.7 Å².